The number of anilines is 1. The van der Waals surface area contributed by atoms with E-state index in [1.165, 1.54) is 11.3 Å². The predicted octanol–water partition coefficient (Wildman–Crippen LogP) is 2.46. The quantitative estimate of drug-likeness (QED) is 0.786. The predicted molar refractivity (Wildman–Crippen MR) is 77.8 cm³/mol. The lowest BCUT2D eigenvalue weighted by molar-refractivity contribution is -0.123. The lowest BCUT2D eigenvalue weighted by Gasteiger charge is -2.30. The molecule has 0 saturated carbocycles. The minimum atomic E-state index is -0.279. The van der Waals surface area contributed by atoms with Crippen molar-refractivity contribution in [3.8, 4) is 0 Å². The molecule has 0 aromatic heterocycles. The van der Waals surface area contributed by atoms with E-state index in [9.17, 15) is 9.59 Å². The third-order valence-electron chi connectivity index (χ3n) is 4.04. The van der Waals surface area contributed by atoms with Crippen molar-refractivity contribution in [3.63, 3.8) is 0 Å². The Bertz CT molecular complexity index is 523. The second kappa shape index (κ2) is 5.54. The molecule has 0 radical (unpaired) electrons. The van der Waals surface area contributed by atoms with Crippen LogP contribution in [-0.4, -0.2) is 35.8 Å². The van der Waals surface area contributed by atoms with Crippen LogP contribution in [0.1, 0.15) is 25.7 Å². The zero-order valence-corrected chi connectivity index (χ0v) is 12.0. The number of piperidine rings is 1. The van der Waals surface area contributed by atoms with Gasteiger partial charge in [0.25, 0.3) is 5.91 Å². The van der Waals surface area contributed by atoms with Crippen LogP contribution in [0.15, 0.2) is 24.3 Å². The van der Waals surface area contributed by atoms with E-state index in [4.69, 9.17) is 11.6 Å². The summed E-state index contributed by atoms with van der Waals surface area (Å²) in [5.74, 6) is -0.216. The standard InChI is InChI=1S/C15H17ClN2O2/c16-11-4-6-12(7-5-11)18-14(19)10-13(15(18)20)17-8-2-1-3-9-17/h4-7,13H,1-3,8-10H2/t13-/m1/s1. The van der Waals surface area contributed by atoms with Crippen molar-refractivity contribution in [2.75, 3.05) is 18.0 Å². The van der Waals surface area contributed by atoms with Gasteiger partial charge >= 0.3 is 0 Å². The minimum absolute atomic E-state index is 0.0979. The fourth-order valence-electron chi connectivity index (χ4n) is 2.99. The highest BCUT2D eigenvalue weighted by molar-refractivity contribution is 6.30. The van der Waals surface area contributed by atoms with Gasteiger partial charge in [0.05, 0.1) is 18.2 Å². The Hall–Kier alpha value is -1.39. The molecule has 2 saturated heterocycles. The molecule has 1 aromatic carbocycles. The third kappa shape index (κ3) is 2.45. The normalized spacial score (nSPS) is 24.4. The maximum absolute atomic E-state index is 12.5. The molecule has 20 heavy (non-hydrogen) atoms. The number of benzene rings is 1. The van der Waals surface area contributed by atoms with Crippen LogP contribution in [0.4, 0.5) is 5.69 Å². The Morgan fingerprint density at radius 2 is 1.65 bits per heavy atom. The van der Waals surface area contributed by atoms with Gasteiger partial charge in [-0.15, -0.1) is 0 Å². The highest BCUT2D eigenvalue weighted by Crippen LogP contribution is 2.28. The number of carbonyl (C=O) groups excluding carboxylic acids is 2. The molecule has 2 aliphatic heterocycles. The van der Waals surface area contributed by atoms with Crippen molar-refractivity contribution in [1.29, 1.82) is 0 Å². The van der Waals surface area contributed by atoms with Crippen LogP contribution in [0.3, 0.4) is 0 Å². The van der Waals surface area contributed by atoms with Crippen LogP contribution in [0.2, 0.25) is 5.02 Å². The summed E-state index contributed by atoms with van der Waals surface area (Å²) in [4.78, 5) is 28.2. The Morgan fingerprint density at radius 1 is 1.00 bits per heavy atom. The lowest BCUT2D eigenvalue weighted by Crippen LogP contribution is -2.44. The summed E-state index contributed by atoms with van der Waals surface area (Å²) < 4.78 is 0. The average molecular weight is 293 g/mol. The number of imide groups is 1. The number of amides is 2. The largest absolute Gasteiger partial charge is 0.292 e. The van der Waals surface area contributed by atoms with Crippen molar-refractivity contribution < 1.29 is 9.59 Å². The summed E-state index contributed by atoms with van der Waals surface area (Å²) in [6, 6.07) is 6.56. The molecule has 2 aliphatic rings. The van der Waals surface area contributed by atoms with Gasteiger partial charge in [0, 0.05) is 5.02 Å². The first-order valence-electron chi connectivity index (χ1n) is 7.03. The molecule has 2 amide bonds. The fraction of sp³-hybridized carbons (Fsp3) is 0.467. The highest BCUT2D eigenvalue weighted by Gasteiger charge is 2.42. The summed E-state index contributed by atoms with van der Waals surface area (Å²) >= 11 is 5.84. The van der Waals surface area contributed by atoms with Crippen LogP contribution < -0.4 is 4.90 Å². The highest BCUT2D eigenvalue weighted by atomic mass is 35.5. The smallest absolute Gasteiger partial charge is 0.251 e. The minimum Gasteiger partial charge on any atom is -0.292 e. The molecule has 0 bridgehead atoms. The zero-order chi connectivity index (χ0) is 14.1. The van der Waals surface area contributed by atoms with E-state index < -0.39 is 0 Å². The van der Waals surface area contributed by atoms with Crippen LogP contribution in [0.25, 0.3) is 0 Å². The fourth-order valence-corrected chi connectivity index (χ4v) is 3.12. The Labute approximate surface area is 123 Å². The van der Waals surface area contributed by atoms with Gasteiger partial charge in [-0.3, -0.25) is 14.5 Å². The second-order valence-electron chi connectivity index (χ2n) is 5.36. The van der Waals surface area contributed by atoms with Crippen molar-refractivity contribution in [2.45, 2.75) is 31.7 Å². The Morgan fingerprint density at radius 3 is 2.30 bits per heavy atom. The molecule has 2 fully saturated rings. The summed E-state index contributed by atoms with van der Waals surface area (Å²) in [5, 5.41) is 0.598. The molecule has 106 valence electrons. The van der Waals surface area contributed by atoms with Crippen molar-refractivity contribution >= 4 is 29.1 Å². The van der Waals surface area contributed by atoms with E-state index >= 15 is 0 Å². The summed E-state index contributed by atoms with van der Waals surface area (Å²) in [5.41, 5.74) is 0.615. The second-order valence-corrected chi connectivity index (χ2v) is 5.80. The summed E-state index contributed by atoms with van der Waals surface area (Å²) in [6.45, 7) is 1.83. The molecule has 4 nitrogen and oxygen atoms in total. The Balaban J connectivity index is 1.81. The van der Waals surface area contributed by atoms with Crippen molar-refractivity contribution in [3.05, 3.63) is 29.3 Å². The van der Waals surface area contributed by atoms with Gasteiger partial charge in [0.1, 0.15) is 0 Å². The molecule has 5 heteroatoms. The van der Waals surface area contributed by atoms with Gasteiger partial charge in [0.2, 0.25) is 5.91 Å². The van der Waals surface area contributed by atoms with E-state index in [-0.39, 0.29) is 17.9 Å². The van der Waals surface area contributed by atoms with Gasteiger partial charge < -0.3 is 0 Å². The van der Waals surface area contributed by atoms with E-state index in [2.05, 4.69) is 4.90 Å². The average Bonchev–Trinajstić information content (AvgIpc) is 2.76. The molecule has 0 spiro atoms. The maximum atomic E-state index is 12.5. The van der Waals surface area contributed by atoms with Crippen LogP contribution in [-0.2, 0) is 9.59 Å². The topological polar surface area (TPSA) is 40.6 Å². The SMILES string of the molecule is O=C1C[C@@H](N2CCCCC2)C(=O)N1c1ccc(Cl)cc1. The molecular formula is C15H17ClN2O2. The number of rotatable bonds is 2. The lowest BCUT2D eigenvalue weighted by atomic mass is 10.1. The molecule has 1 aromatic rings. The van der Waals surface area contributed by atoms with Gasteiger partial charge in [-0.2, -0.15) is 0 Å². The number of likely N-dealkylation sites (tertiary alicyclic amines) is 1. The van der Waals surface area contributed by atoms with Gasteiger partial charge in [0.15, 0.2) is 0 Å². The number of hydrogen-bond donors (Lipinski definition) is 0. The first-order chi connectivity index (χ1) is 9.66. The van der Waals surface area contributed by atoms with Gasteiger partial charge in [-0.25, -0.2) is 4.90 Å². The molecule has 0 unspecified atom stereocenters. The number of carbonyl (C=O) groups is 2. The van der Waals surface area contributed by atoms with Crippen molar-refractivity contribution in [1.82, 2.24) is 4.90 Å². The first kappa shape index (κ1) is 13.6. The van der Waals surface area contributed by atoms with Crippen LogP contribution in [0, 0.1) is 0 Å². The molecule has 1 atom stereocenters. The third-order valence-corrected chi connectivity index (χ3v) is 4.29. The van der Waals surface area contributed by atoms with E-state index in [1.54, 1.807) is 24.3 Å². The van der Waals surface area contributed by atoms with Crippen LogP contribution in [0.5, 0.6) is 0 Å². The van der Waals surface area contributed by atoms with Gasteiger partial charge in [-0.05, 0) is 50.2 Å². The molecule has 3 rings (SSSR count). The number of halogens is 1. The van der Waals surface area contributed by atoms with E-state index in [0.717, 1.165) is 25.9 Å². The number of nitrogens with zero attached hydrogens (tertiary/aromatic N) is 2. The van der Waals surface area contributed by atoms with E-state index in [0.29, 0.717) is 17.1 Å². The van der Waals surface area contributed by atoms with Crippen molar-refractivity contribution in [2.24, 2.45) is 0 Å². The summed E-state index contributed by atoms with van der Waals surface area (Å²) in [7, 11) is 0. The monoisotopic (exact) mass is 292 g/mol. The Kier molecular flexibility index (Phi) is 3.76. The van der Waals surface area contributed by atoms with Gasteiger partial charge in [-0.1, -0.05) is 18.0 Å². The molecule has 2 heterocycles. The zero-order valence-electron chi connectivity index (χ0n) is 11.2. The molecule has 0 aliphatic carbocycles. The van der Waals surface area contributed by atoms with Crippen LogP contribution >= 0.6 is 11.6 Å². The maximum Gasteiger partial charge on any atom is 0.251 e. The van der Waals surface area contributed by atoms with E-state index in [1.807, 2.05) is 0 Å². The molecule has 0 N–H and O–H groups in total. The molecular weight excluding hydrogens is 276 g/mol. The first-order valence-corrected chi connectivity index (χ1v) is 7.41. The summed E-state index contributed by atoms with van der Waals surface area (Å²) in [6.07, 6.45) is 3.73. The number of hydrogen-bond acceptors (Lipinski definition) is 3.